The number of rotatable bonds is 5. The lowest BCUT2D eigenvalue weighted by molar-refractivity contribution is 0.628. The van der Waals surface area contributed by atoms with Crippen LogP contribution in [0.3, 0.4) is 0 Å². The largest absolute Gasteiger partial charge is 0.253 e. The number of halogens is 2. The third-order valence-corrected chi connectivity index (χ3v) is 5.29. The van der Waals surface area contributed by atoms with Crippen molar-refractivity contribution >= 4 is 34.3 Å². The molecule has 1 N–H and O–H groups in total. The Labute approximate surface area is 171 Å². The molecular formula is C22H15ClFN3S. The minimum absolute atomic E-state index is 0.273. The van der Waals surface area contributed by atoms with Gasteiger partial charge in [-0.2, -0.15) is 5.10 Å². The number of nitrogens with one attached hydrogen (secondary N) is 1. The molecule has 1 heterocycles. The molecule has 28 heavy (non-hydrogen) atoms. The second kappa shape index (κ2) is 8.33. The summed E-state index contributed by atoms with van der Waals surface area (Å²) >= 11 is 7.54. The van der Waals surface area contributed by atoms with E-state index in [0.29, 0.717) is 10.2 Å². The predicted molar refractivity (Wildman–Crippen MR) is 116 cm³/mol. The summed E-state index contributed by atoms with van der Waals surface area (Å²) in [6, 6.07) is 23.8. The van der Waals surface area contributed by atoms with Crippen LogP contribution in [0.25, 0.3) is 21.7 Å². The molecule has 0 saturated heterocycles. The first kappa shape index (κ1) is 18.3. The molecule has 0 radical (unpaired) electrons. The van der Waals surface area contributed by atoms with Crippen molar-refractivity contribution < 1.29 is 4.39 Å². The second-order valence-corrected chi connectivity index (χ2v) is 7.43. The zero-order valence-electron chi connectivity index (χ0n) is 14.6. The molecule has 1 aromatic heterocycles. The average molecular weight is 408 g/mol. The maximum atomic E-state index is 13.0. The van der Waals surface area contributed by atoms with Crippen molar-refractivity contribution in [3.8, 4) is 21.7 Å². The Morgan fingerprint density at radius 1 is 0.893 bits per heavy atom. The fourth-order valence-corrected chi connectivity index (χ4v) is 3.74. The zero-order chi connectivity index (χ0) is 19.3. The van der Waals surface area contributed by atoms with Gasteiger partial charge in [-0.25, -0.2) is 9.37 Å². The lowest BCUT2D eigenvalue weighted by Gasteiger charge is -2.02. The van der Waals surface area contributed by atoms with E-state index in [4.69, 9.17) is 16.6 Å². The van der Waals surface area contributed by atoms with Crippen molar-refractivity contribution in [2.75, 3.05) is 5.43 Å². The van der Waals surface area contributed by atoms with E-state index in [1.165, 1.54) is 23.5 Å². The first-order chi connectivity index (χ1) is 13.7. The molecule has 0 spiro atoms. The van der Waals surface area contributed by atoms with Gasteiger partial charge in [0.1, 0.15) is 5.82 Å². The maximum absolute atomic E-state index is 13.0. The van der Waals surface area contributed by atoms with Crippen LogP contribution in [0.2, 0.25) is 5.02 Å². The molecule has 6 heteroatoms. The highest BCUT2D eigenvalue weighted by Gasteiger charge is 2.14. The van der Waals surface area contributed by atoms with E-state index in [2.05, 4.69) is 10.5 Å². The summed E-state index contributed by atoms with van der Waals surface area (Å²) in [5.41, 5.74) is 6.72. The molecule has 0 saturated carbocycles. The number of anilines is 1. The van der Waals surface area contributed by atoms with Crippen molar-refractivity contribution in [2.45, 2.75) is 0 Å². The topological polar surface area (TPSA) is 37.3 Å². The molecular weight excluding hydrogens is 393 g/mol. The van der Waals surface area contributed by atoms with Gasteiger partial charge in [0, 0.05) is 10.6 Å². The molecule has 0 bridgehead atoms. The molecule has 0 unspecified atom stereocenters. The van der Waals surface area contributed by atoms with Gasteiger partial charge in [0.2, 0.25) is 5.13 Å². The second-order valence-electron chi connectivity index (χ2n) is 5.99. The quantitative estimate of drug-likeness (QED) is 0.294. The number of nitrogens with zero attached hydrogens (tertiary/aromatic N) is 2. The minimum atomic E-state index is -0.273. The number of hydrogen-bond acceptors (Lipinski definition) is 4. The van der Waals surface area contributed by atoms with Crippen molar-refractivity contribution in [3.05, 3.63) is 95.3 Å². The first-order valence-corrected chi connectivity index (χ1v) is 9.75. The number of benzene rings is 3. The monoisotopic (exact) mass is 407 g/mol. The molecule has 0 aliphatic heterocycles. The molecule has 0 aliphatic rings. The van der Waals surface area contributed by atoms with Crippen LogP contribution >= 0.6 is 22.9 Å². The van der Waals surface area contributed by atoms with Crippen LogP contribution in [0.4, 0.5) is 9.52 Å². The molecule has 0 amide bonds. The van der Waals surface area contributed by atoms with Crippen molar-refractivity contribution in [1.29, 1.82) is 0 Å². The summed E-state index contributed by atoms with van der Waals surface area (Å²) in [5, 5.41) is 5.59. The summed E-state index contributed by atoms with van der Waals surface area (Å²) in [6.45, 7) is 0. The van der Waals surface area contributed by atoms with Gasteiger partial charge in [0.25, 0.3) is 0 Å². The summed E-state index contributed by atoms with van der Waals surface area (Å²) < 4.78 is 13.0. The van der Waals surface area contributed by atoms with E-state index >= 15 is 0 Å². The van der Waals surface area contributed by atoms with Gasteiger partial charge in [-0.05, 0) is 35.4 Å². The fourth-order valence-electron chi connectivity index (χ4n) is 2.67. The summed E-state index contributed by atoms with van der Waals surface area (Å²) in [7, 11) is 0. The van der Waals surface area contributed by atoms with Gasteiger partial charge < -0.3 is 0 Å². The van der Waals surface area contributed by atoms with Crippen LogP contribution < -0.4 is 5.43 Å². The number of hydrogen-bond donors (Lipinski definition) is 1. The SMILES string of the molecule is Fc1ccc(/C=N\Nc2nc(-c3ccccc3)c(-c3ccc(Cl)cc3)s2)cc1. The number of aromatic nitrogens is 1. The van der Waals surface area contributed by atoms with Crippen molar-refractivity contribution in [2.24, 2.45) is 5.10 Å². The molecule has 0 aliphatic carbocycles. The molecule has 0 atom stereocenters. The third-order valence-electron chi connectivity index (χ3n) is 4.02. The van der Waals surface area contributed by atoms with Gasteiger partial charge >= 0.3 is 0 Å². The standard InChI is InChI=1S/C22H15ClFN3S/c23-18-10-8-17(9-11-18)21-20(16-4-2-1-3-5-16)26-22(28-21)27-25-14-15-6-12-19(24)13-7-15/h1-14H,(H,26,27)/b25-14-. The number of thiazole rings is 1. The Hall–Kier alpha value is -3.02. The number of hydrazone groups is 1. The molecule has 3 nitrogen and oxygen atoms in total. The van der Waals surface area contributed by atoms with Crippen LogP contribution in [-0.4, -0.2) is 11.2 Å². The molecule has 138 valence electrons. The highest BCUT2D eigenvalue weighted by atomic mass is 35.5. The Kier molecular flexibility index (Phi) is 5.46. The van der Waals surface area contributed by atoms with Crippen LogP contribution in [0.1, 0.15) is 5.56 Å². The van der Waals surface area contributed by atoms with E-state index in [0.717, 1.165) is 27.3 Å². The van der Waals surface area contributed by atoms with Gasteiger partial charge in [0.15, 0.2) is 0 Å². The Balaban J connectivity index is 1.65. The van der Waals surface area contributed by atoms with Crippen molar-refractivity contribution in [1.82, 2.24) is 4.98 Å². The third kappa shape index (κ3) is 4.27. The molecule has 4 rings (SSSR count). The Morgan fingerprint density at radius 2 is 1.61 bits per heavy atom. The highest BCUT2D eigenvalue weighted by molar-refractivity contribution is 7.19. The normalized spacial score (nSPS) is 11.1. The molecule has 0 fully saturated rings. The Morgan fingerprint density at radius 3 is 2.32 bits per heavy atom. The van der Waals surface area contributed by atoms with E-state index in [1.807, 2.05) is 54.6 Å². The van der Waals surface area contributed by atoms with Crippen molar-refractivity contribution in [3.63, 3.8) is 0 Å². The minimum Gasteiger partial charge on any atom is -0.253 e. The summed E-state index contributed by atoms with van der Waals surface area (Å²) in [6.07, 6.45) is 1.63. The highest BCUT2D eigenvalue weighted by Crippen LogP contribution is 2.39. The molecule has 3 aromatic carbocycles. The lowest BCUT2D eigenvalue weighted by Crippen LogP contribution is -1.90. The fraction of sp³-hybridized carbons (Fsp3) is 0. The Bertz CT molecular complexity index is 1090. The summed E-state index contributed by atoms with van der Waals surface area (Å²) in [5.74, 6) is -0.273. The van der Waals surface area contributed by atoms with E-state index in [-0.39, 0.29) is 5.82 Å². The van der Waals surface area contributed by atoms with Gasteiger partial charge in [-0.3, -0.25) is 5.43 Å². The van der Waals surface area contributed by atoms with Crippen LogP contribution in [-0.2, 0) is 0 Å². The van der Waals surface area contributed by atoms with Crippen LogP contribution in [0.5, 0.6) is 0 Å². The molecule has 4 aromatic rings. The van der Waals surface area contributed by atoms with E-state index in [1.54, 1.807) is 18.3 Å². The zero-order valence-corrected chi connectivity index (χ0v) is 16.2. The van der Waals surface area contributed by atoms with Gasteiger partial charge in [-0.1, -0.05) is 77.5 Å². The first-order valence-electron chi connectivity index (χ1n) is 8.56. The van der Waals surface area contributed by atoms with E-state index < -0.39 is 0 Å². The van der Waals surface area contributed by atoms with Gasteiger partial charge in [0.05, 0.1) is 16.8 Å². The maximum Gasteiger partial charge on any atom is 0.204 e. The van der Waals surface area contributed by atoms with Crippen LogP contribution in [0.15, 0.2) is 84.0 Å². The van der Waals surface area contributed by atoms with Crippen LogP contribution in [0, 0.1) is 5.82 Å². The average Bonchev–Trinajstić information content (AvgIpc) is 3.15. The smallest absolute Gasteiger partial charge is 0.204 e. The van der Waals surface area contributed by atoms with Gasteiger partial charge in [-0.15, -0.1) is 0 Å². The van der Waals surface area contributed by atoms with E-state index in [9.17, 15) is 4.39 Å². The summed E-state index contributed by atoms with van der Waals surface area (Å²) in [4.78, 5) is 5.76. The lowest BCUT2D eigenvalue weighted by atomic mass is 10.1. The predicted octanol–water partition coefficient (Wildman–Crippen LogP) is 6.72.